The van der Waals surface area contributed by atoms with Crippen molar-refractivity contribution in [1.82, 2.24) is 19.6 Å². The van der Waals surface area contributed by atoms with Crippen molar-refractivity contribution in [3.63, 3.8) is 0 Å². The summed E-state index contributed by atoms with van der Waals surface area (Å²) in [5.74, 6) is -1.81. The van der Waals surface area contributed by atoms with Crippen molar-refractivity contribution in [2.75, 3.05) is 0 Å². The van der Waals surface area contributed by atoms with E-state index in [0.717, 1.165) is 33.6 Å². The second-order valence-electron chi connectivity index (χ2n) is 11.7. The van der Waals surface area contributed by atoms with Gasteiger partial charge in [0, 0.05) is 53.2 Å². The molecule has 4 aromatic carbocycles. The SMILES string of the molecule is Cc1nn(-c2cccc([N+](=O)[O-])c2)c(O)c1N=Nc1ccc(S(N)(=O)=O)cc1O.Cc1nn(-c2cccc([N+](=O)[O-])c2)c(O)c1N=Nc1ccc(S(N)(=O)=O)cc1O.[Co]. The molecule has 0 saturated carbocycles. The molecule has 0 atom stereocenters. The number of primary sulfonamides is 2. The number of azo groups is 2. The molecule has 0 bridgehead atoms. The molecule has 0 amide bonds. The van der Waals surface area contributed by atoms with Gasteiger partial charge >= 0.3 is 0 Å². The molecule has 27 heteroatoms. The number of non-ortho nitro benzene ring substituents is 2. The third-order valence-corrected chi connectivity index (χ3v) is 9.47. The minimum Gasteiger partial charge on any atom is -0.506 e. The first-order chi connectivity index (χ1) is 27.1. The monoisotopic (exact) mass is 895 g/mol. The van der Waals surface area contributed by atoms with Crippen LogP contribution in [-0.4, -0.2) is 66.7 Å². The molecule has 0 aliphatic heterocycles. The van der Waals surface area contributed by atoms with Crippen molar-refractivity contribution in [2.24, 2.45) is 30.7 Å². The number of nitro benzene ring substituents is 2. The maximum Gasteiger partial charge on any atom is 0.271 e. The van der Waals surface area contributed by atoms with Gasteiger partial charge in [-0.3, -0.25) is 20.2 Å². The zero-order valence-electron chi connectivity index (χ0n) is 29.9. The van der Waals surface area contributed by atoms with E-state index < -0.39 is 53.2 Å². The number of hydrogen-bond acceptors (Lipinski definition) is 18. The normalized spacial score (nSPS) is 11.6. The molecule has 2 heterocycles. The summed E-state index contributed by atoms with van der Waals surface area (Å²) in [7, 11) is -7.99. The first kappa shape index (κ1) is 44.5. The number of hydrogen-bond donors (Lipinski definition) is 6. The molecular weight excluding hydrogens is 867 g/mol. The molecule has 0 saturated heterocycles. The summed E-state index contributed by atoms with van der Waals surface area (Å²) < 4.78 is 47.3. The second kappa shape index (κ2) is 17.5. The fraction of sp³-hybridized carbons (Fsp3) is 0.0625. The molecule has 59 heavy (non-hydrogen) atoms. The summed E-state index contributed by atoms with van der Waals surface area (Å²) >= 11 is 0. The minimum absolute atomic E-state index is 0. The van der Waals surface area contributed by atoms with Gasteiger partial charge in [-0.1, -0.05) is 12.1 Å². The van der Waals surface area contributed by atoms with Gasteiger partial charge in [-0.25, -0.2) is 27.1 Å². The van der Waals surface area contributed by atoms with Crippen LogP contribution in [0.4, 0.5) is 34.1 Å². The maximum atomic E-state index is 11.3. The summed E-state index contributed by atoms with van der Waals surface area (Å²) in [6.45, 7) is 3.07. The van der Waals surface area contributed by atoms with Gasteiger partial charge in [0.25, 0.3) is 11.4 Å². The van der Waals surface area contributed by atoms with Gasteiger partial charge in [0.15, 0.2) is 11.4 Å². The van der Waals surface area contributed by atoms with Crippen LogP contribution < -0.4 is 10.3 Å². The zero-order chi connectivity index (χ0) is 42.7. The summed E-state index contributed by atoms with van der Waals surface area (Å²) in [6.07, 6.45) is 0. The Balaban J connectivity index is 0.000000256. The van der Waals surface area contributed by atoms with Crippen LogP contribution in [0.1, 0.15) is 11.4 Å². The third kappa shape index (κ3) is 10.2. The number of rotatable bonds is 10. The maximum absolute atomic E-state index is 11.3. The smallest absolute Gasteiger partial charge is 0.271 e. The van der Waals surface area contributed by atoms with Gasteiger partial charge in [0.05, 0.1) is 42.4 Å². The van der Waals surface area contributed by atoms with Crippen molar-refractivity contribution < 1.29 is 63.9 Å². The van der Waals surface area contributed by atoms with E-state index in [2.05, 4.69) is 30.7 Å². The van der Waals surface area contributed by atoms with Crippen LogP contribution in [0, 0.1) is 34.1 Å². The van der Waals surface area contributed by atoms with Crippen LogP contribution in [0.5, 0.6) is 23.3 Å². The number of benzene rings is 4. The van der Waals surface area contributed by atoms with Crippen molar-refractivity contribution in [1.29, 1.82) is 0 Å². The van der Waals surface area contributed by atoms with E-state index in [-0.39, 0.29) is 83.5 Å². The quantitative estimate of drug-likeness (QED) is 0.0590. The van der Waals surface area contributed by atoms with Gasteiger partial charge < -0.3 is 20.4 Å². The predicted octanol–water partition coefficient (Wildman–Crippen LogP) is 5.12. The van der Waals surface area contributed by atoms with Gasteiger partial charge in [0.2, 0.25) is 31.8 Å². The number of phenols is 2. The summed E-state index contributed by atoms with van der Waals surface area (Å²) in [5.41, 5.74) is 0.424. The average molecular weight is 896 g/mol. The number of aromatic nitrogens is 4. The Morgan fingerprint density at radius 1 is 0.593 bits per heavy atom. The molecule has 0 unspecified atom stereocenters. The number of sulfonamides is 2. The molecule has 24 nitrogen and oxygen atoms in total. The van der Waals surface area contributed by atoms with Crippen molar-refractivity contribution >= 4 is 54.2 Å². The van der Waals surface area contributed by atoms with Crippen molar-refractivity contribution in [3.8, 4) is 34.6 Å². The minimum atomic E-state index is -3.99. The molecular formula is C32H28CoN12O12S2. The van der Waals surface area contributed by atoms with E-state index in [9.17, 15) is 57.5 Å². The van der Waals surface area contributed by atoms with E-state index in [0.29, 0.717) is 0 Å². The topological polar surface area (TPSA) is 373 Å². The molecule has 0 aliphatic rings. The Morgan fingerprint density at radius 2 is 0.949 bits per heavy atom. The van der Waals surface area contributed by atoms with Crippen molar-refractivity contribution in [2.45, 2.75) is 23.6 Å². The van der Waals surface area contributed by atoms with Crippen molar-refractivity contribution in [3.05, 3.63) is 117 Å². The molecule has 0 fully saturated rings. The largest absolute Gasteiger partial charge is 0.506 e. The van der Waals surface area contributed by atoms with Crippen LogP contribution in [-0.2, 0) is 36.8 Å². The van der Waals surface area contributed by atoms with Crippen LogP contribution in [0.25, 0.3) is 11.4 Å². The predicted molar refractivity (Wildman–Crippen MR) is 201 cm³/mol. The van der Waals surface area contributed by atoms with E-state index >= 15 is 0 Å². The molecule has 309 valence electrons. The first-order valence-electron chi connectivity index (χ1n) is 15.8. The Bertz CT molecular complexity index is 2700. The Hall–Kier alpha value is -7.17. The third-order valence-electron chi connectivity index (χ3n) is 7.65. The summed E-state index contributed by atoms with van der Waals surface area (Å²) in [6, 6.07) is 17.5. The molecule has 0 spiro atoms. The number of aromatic hydroxyl groups is 4. The van der Waals surface area contributed by atoms with Crippen LogP contribution in [0.15, 0.2) is 115 Å². The number of nitrogens with zero attached hydrogens (tertiary/aromatic N) is 10. The first-order valence-corrected chi connectivity index (χ1v) is 18.9. The van der Waals surface area contributed by atoms with Crippen LogP contribution >= 0.6 is 0 Å². The second-order valence-corrected chi connectivity index (χ2v) is 14.8. The zero-order valence-corrected chi connectivity index (χ0v) is 32.6. The van der Waals surface area contributed by atoms with E-state index in [1.54, 1.807) is 0 Å². The van der Waals surface area contributed by atoms with Crippen LogP contribution in [0.2, 0.25) is 0 Å². The molecule has 0 aliphatic carbocycles. The summed E-state index contributed by atoms with van der Waals surface area (Å²) in [4.78, 5) is 20.1. The van der Waals surface area contributed by atoms with E-state index in [1.165, 1.54) is 74.5 Å². The fourth-order valence-electron chi connectivity index (χ4n) is 4.82. The summed E-state index contributed by atoms with van der Waals surface area (Å²) in [5, 5.41) is 96.0. The molecule has 8 N–H and O–H groups in total. The average Bonchev–Trinajstić information content (AvgIpc) is 3.61. The molecule has 6 aromatic rings. The van der Waals surface area contributed by atoms with Crippen LogP contribution in [0.3, 0.4) is 0 Å². The van der Waals surface area contributed by atoms with Gasteiger partial charge in [-0.05, 0) is 50.2 Å². The molecule has 1 radical (unpaired) electrons. The molecule has 6 rings (SSSR count). The fourth-order valence-corrected chi connectivity index (χ4v) is 5.89. The number of nitrogens with two attached hydrogens (primary N) is 2. The Kier molecular flexibility index (Phi) is 13.2. The standard InChI is InChI=1S/2C16H14N6O6S.Co/c2*1-9-15(19-18-13-6-5-12(8-14(13)23)29(17,27)28)16(24)21(20-9)10-3-2-4-11(7-10)22(25)26;/h2*2-8,23-24H,1H3,(H2,17,27,28);. The van der Waals surface area contributed by atoms with E-state index in [1.807, 2.05) is 0 Å². The van der Waals surface area contributed by atoms with E-state index in [4.69, 9.17) is 10.3 Å². The number of phenolic OH excluding ortho intramolecular Hbond substituents is 2. The van der Waals surface area contributed by atoms with Gasteiger partial charge in [-0.2, -0.15) is 19.6 Å². The van der Waals surface area contributed by atoms with Gasteiger partial charge in [-0.15, -0.1) is 20.5 Å². The number of nitro groups is 2. The number of aryl methyl sites for hydroxylation is 2. The Morgan fingerprint density at radius 3 is 1.25 bits per heavy atom. The Labute approximate surface area is 342 Å². The molecule has 2 aromatic heterocycles. The van der Waals surface area contributed by atoms with Gasteiger partial charge in [0.1, 0.15) is 22.9 Å².